The van der Waals surface area contributed by atoms with Crippen molar-refractivity contribution in [3.63, 3.8) is 0 Å². The van der Waals surface area contributed by atoms with Crippen molar-refractivity contribution < 1.29 is 40.7 Å². The van der Waals surface area contributed by atoms with E-state index in [0.29, 0.717) is 24.1 Å². The zero-order valence-electron chi connectivity index (χ0n) is 28.1. The molecule has 1 aliphatic carbocycles. The van der Waals surface area contributed by atoms with Gasteiger partial charge < -0.3 is 26.7 Å². The first kappa shape index (κ1) is 38.7. The first-order valence-electron chi connectivity index (χ1n) is 16.4. The number of H-pyrrole nitrogens is 1. The second-order valence-corrected chi connectivity index (χ2v) is 13.5. The molecule has 3 aromatic rings. The van der Waals surface area contributed by atoms with E-state index < -0.39 is 71.2 Å². The molecule has 2 unspecified atom stereocenters. The Labute approximate surface area is 291 Å². The molecule has 6 N–H and O–H groups in total. The van der Waals surface area contributed by atoms with Crippen molar-refractivity contribution in [1.82, 2.24) is 20.9 Å². The van der Waals surface area contributed by atoms with Crippen LogP contribution in [0.1, 0.15) is 74.9 Å². The Kier molecular flexibility index (Phi) is 11.6. The van der Waals surface area contributed by atoms with Crippen LogP contribution in [0.15, 0.2) is 42.5 Å². The first-order chi connectivity index (χ1) is 23.3. The van der Waals surface area contributed by atoms with Gasteiger partial charge in [-0.15, -0.1) is 0 Å². The Bertz CT molecular complexity index is 1760. The van der Waals surface area contributed by atoms with Gasteiger partial charge in [0, 0.05) is 17.5 Å². The summed E-state index contributed by atoms with van der Waals surface area (Å²) in [6.07, 6.45) is -9.20. The number of nitrogens with one attached hydrogen (secondary N) is 4. The van der Waals surface area contributed by atoms with Gasteiger partial charge in [-0.2, -0.15) is 26.3 Å². The first-order valence-corrected chi connectivity index (χ1v) is 16.8. The van der Waals surface area contributed by atoms with Gasteiger partial charge in [-0.3, -0.25) is 14.4 Å². The van der Waals surface area contributed by atoms with E-state index in [-0.39, 0.29) is 46.6 Å². The molecule has 0 bridgehead atoms. The van der Waals surface area contributed by atoms with Crippen LogP contribution in [0, 0.1) is 11.8 Å². The van der Waals surface area contributed by atoms with E-state index >= 15 is 0 Å². The van der Waals surface area contributed by atoms with E-state index in [2.05, 4.69) is 20.9 Å². The number of aromatic amines is 1. The SMILES string of the molecule is CCC(C)[C@H](NC(=O)Cc1ccccc1C(F)(F)F)C(=O)N[C@]1(C(=O)NC(C(N)=S)[C@@H](C)CC)CCc2[nH]c3c(C(F)(F)F)cccc3c2C1. The molecule has 4 rings (SSSR count). The van der Waals surface area contributed by atoms with Crippen LogP contribution in [-0.4, -0.2) is 45.3 Å². The van der Waals surface area contributed by atoms with Crippen molar-refractivity contribution >= 4 is 45.8 Å². The van der Waals surface area contributed by atoms with Crippen molar-refractivity contribution in [2.24, 2.45) is 17.6 Å². The van der Waals surface area contributed by atoms with Gasteiger partial charge in [0.15, 0.2) is 0 Å². The highest BCUT2D eigenvalue weighted by molar-refractivity contribution is 7.80. The number of nitrogens with two attached hydrogens (primary N) is 1. The van der Waals surface area contributed by atoms with E-state index in [1.807, 2.05) is 13.8 Å². The average molecular weight is 726 g/mol. The van der Waals surface area contributed by atoms with Crippen LogP contribution in [0.25, 0.3) is 10.9 Å². The lowest BCUT2D eigenvalue weighted by Gasteiger charge is -2.40. The van der Waals surface area contributed by atoms with Crippen molar-refractivity contribution in [2.75, 3.05) is 0 Å². The molecule has 1 aliphatic rings. The van der Waals surface area contributed by atoms with Crippen LogP contribution in [-0.2, 0) is 46.0 Å². The van der Waals surface area contributed by atoms with Crippen LogP contribution >= 0.6 is 12.2 Å². The van der Waals surface area contributed by atoms with Crippen LogP contribution in [0.3, 0.4) is 0 Å². The third-order valence-electron chi connectivity index (χ3n) is 9.70. The van der Waals surface area contributed by atoms with E-state index in [4.69, 9.17) is 18.0 Å². The summed E-state index contributed by atoms with van der Waals surface area (Å²) in [6.45, 7) is 7.14. The monoisotopic (exact) mass is 725 g/mol. The molecule has 272 valence electrons. The predicted octanol–water partition coefficient (Wildman–Crippen LogP) is 6.14. The third-order valence-corrected chi connectivity index (χ3v) is 9.96. The Morgan fingerprint density at radius 1 is 0.900 bits per heavy atom. The second-order valence-electron chi connectivity index (χ2n) is 13.1. The topological polar surface area (TPSA) is 129 Å². The Morgan fingerprint density at radius 3 is 2.10 bits per heavy atom. The molecular formula is C35H41F6N5O3S. The number of benzene rings is 2. The van der Waals surface area contributed by atoms with Crippen molar-refractivity contribution in [3.05, 3.63) is 70.4 Å². The molecule has 1 heterocycles. The molecule has 0 fully saturated rings. The zero-order chi connectivity index (χ0) is 37.2. The highest BCUT2D eigenvalue weighted by atomic mass is 32.1. The smallest absolute Gasteiger partial charge is 0.392 e. The number of hydrogen-bond acceptors (Lipinski definition) is 4. The number of carbonyl (C=O) groups is 3. The number of fused-ring (bicyclic) bond motifs is 3. The quantitative estimate of drug-likeness (QED) is 0.113. The molecule has 2 aromatic carbocycles. The highest BCUT2D eigenvalue weighted by Crippen LogP contribution is 2.40. The lowest BCUT2D eigenvalue weighted by atomic mass is 9.78. The second kappa shape index (κ2) is 15.0. The van der Waals surface area contributed by atoms with Gasteiger partial charge in [0.25, 0.3) is 0 Å². The summed E-state index contributed by atoms with van der Waals surface area (Å²) < 4.78 is 82.6. The number of halogens is 6. The maximum Gasteiger partial charge on any atom is 0.418 e. The van der Waals surface area contributed by atoms with Crippen LogP contribution in [0.4, 0.5) is 26.3 Å². The largest absolute Gasteiger partial charge is 0.418 e. The van der Waals surface area contributed by atoms with Gasteiger partial charge in [-0.25, -0.2) is 0 Å². The average Bonchev–Trinajstić information content (AvgIpc) is 3.42. The molecule has 8 nitrogen and oxygen atoms in total. The van der Waals surface area contributed by atoms with Crippen LogP contribution in [0.5, 0.6) is 0 Å². The summed E-state index contributed by atoms with van der Waals surface area (Å²) in [5.41, 5.74) is 2.90. The molecule has 15 heteroatoms. The fourth-order valence-corrected chi connectivity index (χ4v) is 6.73. The zero-order valence-corrected chi connectivity index (χ0v) is 28.9. The maximum absolute atomic E-state index is 14.3. The molecule has 3 amide bonds. The minimum atomic E-state index is -4.70. The summed E-state index contributed by atoms with van der Waals surface area (Å²) in [5, 5.41) is 8.50. The molecule has 50 heavy (non-hydrogen) atoms. The number of para-hydroxylation sites is 1. The van der Waals surface area contributed by atoms with E-state index in [1.165, 1.54) is 30.3 Å². The summed E-state index contributed by atoms with van der Waals surface area (Å²) in [7, 11) is 0. The van der Waals surface area contributed by atoms with Crippen molar-refractivity contribution in [2.45, 2.75) is 96.2 Å². The predicted molar refractivity (Wildman–Crippen MR) is 181 cm³/mol. The maximum atomic E-state index is 14.3. The minimum absolute atomic E-state index is 0.0106. The number of thiocarbonyl (C=S) groups is 1. The molecular weight excluding hydrogens is 684 g/mol. The number of aromatic nitrogens is 1. The molecule has 5 atom stereocenters. The van der Waals surface area contributed by atoms with Crippen molar-refractivity contribution in [3.8, 4) is 0 Å². The van der Waals surface area contributed by atoms with Crippen LogP contribution in [0.2, 0.25) is 0 Å². The molecule has 0 saturated carbocycles. The van der Waals surface area contributed by atoms with Gasteiger partial charge in [0.1, 0.15) is 11.6 Å². The number of hydrogen-bond donors (Lipinski definition) is 5. The van der Waals surface area contributed by atoms with E-state index in [1.54, 1.807) is 13.8 Å². The normalized spacial score (nSPS) is 18.8. The fourth-order valence-electron chi connectivity index (χ4n) is 6.44. The highest BCUT2D eigenvalue weighted by Gasteiger charge is 2.47. The van der Waals surface area contributed by atoms with E-state index in [0.717, 1.165) is 12.1 Å². The lowest BCUT2D eigenvalue weighted by Crippen LogP contribution is -2.67. The Balaban J connectivity index is 1.72. The number of amides is 3. The molecule has 0 aliphatic heterocycles. The summed E-state index contributed by atoms with van der Waals surface area (Å²) in [4.78, 5) is 44.5. The minimum Gasteiger partial charge on any atom is -0.392 e. The number of aryl methyl sites for hydroxylation is 1. The van der Waals surface area contributed by atoms with Gasteiger partial charge in [0.2, 0.25) is 17.7 Å². The van der Waals surface area contributed by atoms with E-state index in [9.17, 15) is 40.7 Å². The summed E-state index contributed by atoms with van der Waals surface area (Å²) >= 11 is 5.24. The van der Waals surface area contributed by atoms with Gasteiger partial charge >= 0.3 is 12.4 Å². The molecule has 1 aromatic heterocycles. The summed E-state index contributed by atoms with van der Waals surface area (Å²) in [6, 6.07) is 6.33. The summed E-state index contributed by atoms with van der Waals surface area (Å²) in [5.74, 6) is -3.00. The van der Waals surface area contributed by atoms with Gasteiger partial charge in [0.05, 0.1) is 34.1 Å². The Hall–Kier alpha value is -4.14. The molecule has 0 spiro atoms. The lowest BCUT2D eigenvalue weighted by molar-refractivity contribution is -0.139. The molecule has 0 saturated heterocycles. The Morgan fingerprint density at radius 2 is 1.50 bits per heavy atom. The van der Waals surface area contributed by atoms with Crippen molar-refractivity contribution in [1.29, 1.82) is 0 Å². The standard InChI is InChI=1S/C35H41F6N5O3S/c1-5-18(3)27(30(42)50)45-32(49)33(15-14-25-22(17-33)21-11-9-13-24(29(21)43-25)35(39,40)41)46-31(48)28(19(4)6-2)44-26(47)16-20-10-7-8-12-23(20)34(36,37)38/h7-13,18-19,27-28,43H,5-6,14-17H2,1-4H3,(H2,42,50)(H,44,47)(H,45,49)(H,46,48)/t18-,19?,27?,28-,33+/m0/s1. The third kappa shape index (κ3) is 8.24. The fraction of sp³-hybridized carbons (Fsp3) is 0.486. The van der Waals surface area contributed by atoms with Crippen LogP contribution < -0.4 is 21.7 Å². The van der Waals surface area contributed by atoms with Gasteiger partial charge in [-0.05, 0) is 47.9 Å². The number of carbonyl (C=O) groups excluding carboxylic acids is 3. The molecule has 0 radical (unpaired) electrons. The number of rotatable bonds is 12. The van der Waals surface area contributed by atoms with Gasteiger partial charge in [-0.1, -0.05) is 83.1 Å². The number of alkyl halides is 6.